The average molecular weight is 267 g/mol. The second kappa shape index (κ2) is 7.06. The fraction of sp³-hybridized carbons (Fsp3) is 0.462. The summed E-state index contributed by atoms with van der Waals surface area (Å²) in [7, 11) is 0. The molecule has 104 valence electrons. The van der Waals surface area contributed by atoms with Crippen LogP contribution in [-0.2, 0) is 4.79 Å². The van der Waals surface area contributed by atoms with Crippen molar-refractivity contribution in [2.75, 3.05) is 13.2 Å². The number of rotatable bonds is 6. The van der Waals surface area contributed by atoms with E-state index in [4.69, 9.17) is 4.74 Å². The van der Waals surface area contributed by atoms with Gasteiger partial charge in [-0.2, -0.15) is 0 Å². The van der Waals surface area contributed by atoms with E-state index in [9.17, 15) is 9.18 Å². The van der Waals surface area contributed by atoms with Crippen molar-refractivity contribution >= 4 is 5.91 Å². The lowest BCUT2D eigenvalue weighted by Crippen LogP contribution is -2.44. The Hall–Kier alpha value is -1.66. The van der Waals surface area contributed by atoms with Gasteiger partial charge < -0.3 is 10.1 Å². The molecule has 0 spiro atoms. The number of hydrazine groups is 1. The van der Waals surface area contributed by atoms with Gasteiger partial charge in [0.1, 0.15) is 11.6 Å². The maximum atomic E-state index is 12.9. The maximum Gasteiger partial charge on any atom is 0.221 e. The van der Waals surface area contributed by atoms with Crippen molar-refractivity contribution in [3.8, 4) is 5.75 Å². The van der Waals surface area contributed by atoms with E-state index < -0.39 is 0 Å². The first kappa shape index (κ1) is 13.8. The minimum Gasteiger partial charge on any atom is -0.493 e. The van der Waals surface area contributed by atoms with Crippen LogP contribution in [0.3, 0.4) is 0 Å². The number of benzene rings is 1. The third-order valence-corrected chi connectivity index (χ3v) is 2.78. The second-order valence-corrected chi connectivity index (χ2v) is 4.39. The Balaban J connectivity index is 1.59. The molecular weight excluding hydrogens is 249 g/mol. The van der Waals surface area contributed by atoms with Gasteiger partial charge in [0.15, 0.2) is 0 Å². The molecule has 1 aliphatic heterocycles. The van der Waals surface area contributed by atoms with Crippen molar-refractivity contribution in [2.45, 2.75) is 25.4 Å². The van der Waals surface area contributed by atoms with Gasteiger partial charge in [-0.25, -0.2) is 9.82 Å². The molecule has 3 N–H and O–H groups in total. The predicted octanol–water partition coefficient (Wildman–Crippen LogP) is 0.925. The summed E-state index contributed by atoms with van der Waals surface area (Å²) in [4.78, 5) is 11.6. The molecule has 0 saturated carbocycles. The lowest BCUT2D eigenvalue weighted by Gasteiger charge is -2.12. The quantitative estimate of drug-likeness (QED) is 0.671. The fourth-order valence-corrected chi connectivity index (χ4v) is 1.84. The van der Waals surface area contributed by atoms with Crippen molar-refractivity contribution in [3.05, 3.63) is 30.1 Å². The van der Waals surface area contributed by atoms with E-state index in [2.05, 4.69) is 16.2 Å². The van der Waals surface area contributed by atoms with E-state index in [0.717, 1.165) is 13.0 Å². The predicted molar refractivity (Wildman–Crippen MR) is 68.8 cm³/mol. The van der Waals surface area contributed by atoms with E-state index in [1.807, 2.05) is 0 Å². The Labute approximate surface area is 111 Å². The van der Waals surface area contributed by atoms with Crippen molar-refractivity contribution in [1.29, 1.82) is 0 Å². The van der Waals surface area contributed by atoms with Crippen LogP contribution < -0.4 is 20.9 Å². The highest BCUT2D eigenvalue weighted by Gasteiger charge is 2.15. The van der Waals surface area contributed by atoms with Gasteiger partial charge in [-0.3, -0.25) is 10.2 Å². The first-order valence-electron chi connectivity index (χ1n) is 6.40. The molecule has 2 rings (SSSR count). The fourth-order valence-electron chi connectivity index (χ4n) is 1.84. The Kier molecular flexibility index (Phi) is 5.11. The Bertz CT molecular complexity index is 422. The van der Waals surface area contributed by atoms with Gasteiger partial charge >= 0.3 is 0 Å². The normalized spacial score (nSPS) is 18.3. The summed E-state index contributed by atoms with van der Waals surface area (Å²) in [6.45, 7) is 1.25. The molecule has 1 aliphatic rings. The molecule has 1 saturated heterocycles. The van der Waals surface area contributed by atoms with Crippen LogP contribution in [0.15, 0.2) is 24.3 Å². The molecule has 5 nitrogen and oxygen atoms in total. The Morgan fingerprint density at radius 3 is 3.16 bits per heavy atom. The van der Waals surface area contributed by atoms with Crippen molar-refractivity contribution < 1.29 is 13.9 Å². The molecule has 1 aromatic rings. The van der Waals surface area contributed by atoms with Gasteiger partial charge in [-0.1, -0.05) is 6.07 Å². The van der Waals surface area contributed by atoms with E-state index in [1.54, 1.807) is 12.1 Å². The van der Waals surface area contributed by atoms with Crippen LogP contribution >= 0.6 is 0 Å². The molecule has 6 heteroatoms. The number of hydrogen-bond donors (Lipinski definition) is 3. The summed E-state index contributed by atoms with van der Waals surface area (Å²) in [6, 6.07) is 5.98. The van der Waals surface area contributed by atoms with Gasteiger partial charge in [0.2, 0.25) is 5.91 Å². The number of halogens is 1. The van der Waals surface area contributed by atoms with Crippen LogP contribution in [-0.4, -0.2) is 25.2 Å². The summed E-state index contributed by atoms with van der Waals surface area (Å²) in [6.07, 6.45) is 1.89. The van der Waals surface area contributed by atoms with Crippen molar-refractivity contribution in [1.82, 2.24) is 16.2 Å². The molecule has 1 unspecified atom stereocenters. The smallest absolute Gasteiger partial charge is 0.221 e. The summed E-state index contributed by atoms with van der Waals surface area (Å²) in [5, 5.41) is 2.86. The standard InChI is InChI=1S/C13H18FN3O2/c14-10-3-1-4-11(9-10)19-8-2-5-13(18)16-12-6-7-15-17-12/h1,3-4,9,12,15,17H,2,5-8H2,(H,16,18). The monoisotopic (exact) mass is 267 g/mol. The molecule has 0 aromatic heterocycles. The SMILES string of the molecule is O=C(CCCOc1cccc(F)c1)NC1CCNN1. The zero-order valence-electron chi connectivity index (χ0n) is 10.6. The molecule has 19 heavy (non-hydrogen) atoms. The minimum atomic E-state index is -0.324. The minimum absolute atomic E-state index is 0.0101. The average Bonchev–Trinajstić information content (AvgIpc) is 2.87. The van der Waals surface area contributed by atoms with E-state index in [-0.39, 0.29) is 17.9 Å². The Morgan fingerprint density at radius 2 is 2.42 bits per heavy atom. The van der Waals surface area contributed by atoms with Gasteiger partial charge in [0, 0.05) is 19.0 Å². The summed E-state index contributed by atoms with van der Waals surface area (Å²) >= 11 is 0. The van der Waals surface area contributed by atoms with Gasteiger partial charge in [0.25, 0.3) is 0 Å². The molecule has 0 bridgehead atoms. The van der Waals surface area contributed by atoms with Crippen LogP contribution in [0.2, 0.25) is 0 Å². The zero-order valence-corrected chi connectivity index (χ0v) is 10.6. The number of nitrogens with one attached hydrogen (secondary N) is 3. The first-order chi connectivity index (χ1) is 9.24. The number of amides is 1. The molecule has 0 aliphatic carbocycles. The number of carbonyl (C=O) groups excluding carboxylic acids is 1. The van der Waals surface area contributed by atoms with E-state index in [1.165, 1.54) is 12.1 Å². The molecule has 1 amide bonds. The lowest BCUT2D eigenvalue weighted by molar-refractivity contribution is -0.122. The summed E-state index contributed by atoms with van der Waals surface area (Å²) in [5.41, 5.74) is 5.90. The highest BCUT2D eigenvalue weighted by Crippen LogP contribution is 2.12. The molecular formula is C13H18FN3O2. The van der Waals surface area contributed by atoms with Crippen molar-refractivity contribution in [2.24, 2.45) is 0 Å². The number of carbonyl (C=O) groups is 1. The highest BCUT2D eigenvalue weighted by atomic mass is 19.1. The van der Waals surface area contributed by atoms with Gasteiger partial charge in [-0.05, 0) is 25.0 Å². The second-order valence-electron chi connectivity index (χ2n) is 4.39. The van der Waals surface area contributed by atoms with Crippen molar-refractivity contribution in [3.63, 3.8) is 0 Å². The molecule has 1 aromatic carbocycles. The molecule has 0 radical (unpaired) electrons. The van der Waals surface area contributed by atoms with E-state index in [0.29, 0.717) is 25.2 Å². The van der Waals surface area contributed by atoms with Gasteiger partial charge in [0.05, 0.1) is 12.8 Å². The largest absolute Gasteiger partial charge is 0.493 e. The maximum absolute atomic E-state index is 12.9. The van der Waals surface area contributed by atoms with Crippen LogP contribution in [0.25, 0.3) is 0 Å². The van der Waals surface area contributed by atoms with Crippen LogP contribution in [0.4, 0.5) is 4.39 Å². The zero-order chi connectivity index (χ0) is 13.5. The molecule has 1 fully saturated rings. The Morgan fingerprint density at radius 1 is 1.53 bits per heavy atom. The lowest BCUT2D eigenvalue weighted by atomic mass is 10.3. The first-order valence-corrected chi connectivity index (χ1v) is 6.40. The number of hydrogen-bond acceptors (Lipinski definition) is 4. The molecule has 1 heterocycles. The number of ether oxygens (including phenoxy) is 1. The van der Waals surface area contributed by atoms with Crippen LogP contribution in [0.1, 0.15) is 19.3 Å². The topological polar surface area (TPSA) is 62.4 Å². The summed E-state index contributed by atoms with van der Waals surface area (Å²) < 4.78 is 18.2. The van der Waals surface area contributed by atoms with Gasteiger partial charge in [-0.15, -0.1) is 0 Å². The third-order valence-electron chi connectivity index (χ3n) is 2.78. The van der Waals surface area contributed by atoms with Crippen LogP contribution in [0.5, 0.6) is 5.75 Å². The summed E-state index contributed by atoms with van der Waals surface area (Å²) in [5.74, 6) is 0.154. The molecule has 1 atom stereocenters. The van der Waals surface area contributed by atoms with E-state index >= 15 is 0 Å². The highest BCUT2D eigenvalue weighted by molar-refractivity contribution is 5.76. The van der Waals surface area contributed by atoms with Crippen LogP contribution in [0, 0.1) is 5.82 Å². The third kappa shape index (κ3) is 4.84.